The number of rotatable bonds is 3. The number of nitrogens with zero attached hydrogens (tertiary/aromatic N) is 2. The quantitative estimate of drug-likeness (QED) is 0.719. The van der Waals surface area contributed by atoms with Crippen LogP contribution in [0.1, 0.15) is 5.89 Å². The van der Waals surface area contributed by atoms with E-state index in [4.69, 9.17) is 0 Å². The van der Waals surface area contributed by atoms with Crippen LogP contribution in [0.25, 0.3) is 11.4 Å². The van der Waals surface area contributed by atoms with Crippen LogP contribution in [0.2, 0.25) is 0 Å². The Bertz CT molecular complexity index is 950. The van der Waals surface area contributed by atoms with Gasteiger partial charge in [-0.05, 0) is 36.4 Å². The van der Waals surface area contributed by atoms with E-state index in [0.29, 0.717) is 0 Å². The van der Waals surface area contributed by atoms with E-state index in [9.17, 15) is 21.6 Å². The fourth-order valence-electron chi connectivity index (χ4n) is 1.97. The first kappa shape index (κ1) is 16.2. The second-order valence-electron chi connectivity index (χ2n) is 4.76. The summed E-state index contributed by atoms with van der Waals surface area (Å²) in [6, 6.07) is 13.0. The summed E-state index contributed by atoms with van der Waals surface area (Å²) in [6.45, 7) is 0. The lowest BCUT2D eigenvalue weighted by Crippen LogP contribution is -2.04. The normalized spacial score (nSPS) is 12.3. The molecule has 0 saturated heterocycles. The van der Waals surface area contributed by atoms with Gasteiger partial charge in [-0.1, -0.05) is 23.4 Å². The predicted octanol–water partition coefficient (Wildman–Crippen LogP) is 3.59. The van der Waals surface area contributed by atoms with Crippen LogP contribution >= 0.6 is 0 Å². The van der Waals surface area contributed by atoms with Crippen molar-refractivity contribution in [3.8, 4) is 11.4 Å². The second-order valence-corrected chi connectivity index (χ2v) is 6.71. The third-order valence-corrected chi connectivity index (χ3v) is 4.93. The summed E-state index contributed by atoms with van der Waals surface area (Å²) in [5.74, 6) is -1.73. The maximum Gasteiger partial charge on any atom is 0.471 e. The molecule has 1 aromatic heterocycles. The van der Waals surface area contributed by atoms with Crippen LogP contribution in [0, 0.1) is 0 Å². The van der Waals surface area contributed by atoms with Gasteiger partial charge in [0.25, 0.3) is 0 Å². The lowest BCUT2D eigenvalue weighted by atomic mass is 10.2. The summed E-state index contributed by atoms with van der Waals surface area (Å²) in [6.07, 6.45) is -4.73. The fraction of sp³-hybridized carbons (Fsp3) is 0.0667. The Balaban J connectivity index is 1.93. The van der Waals surface area contributed by atoms with Crippen molar-refractivity contribution < 1.29 is 26.1 Å². The average molecular weight is 354 g/mol. The maximum absolute atomic E-state index is 12.4. The molecule has 0 amide bonds. The Morgan fingerprint density at radius 3 is 2.00 bits per heavy atom. The molecule has 0 unspecified atom stereocenters. The zero-order valence-electron chi connectivity index (χ0n) is 11.9. The van der Waals surface area contributed by atoms with Crippen molar-refractivity contribution in [2.45, 2.75) is 16.0 Å². The number of aromatic nitrogens is 2. The van der Waals surface area contributed by atoms with E-state index in [1.165, 1.54) is 36.4 Å². The van der Waals surface area contributed by atoms with Gasteiger partial charge in [-0.2, -0.15) is 18.2 Å². The van der Waals surface area contributed by atoms with Crippen LogP contribution in [-0.4, -0.2) is 18.6 Å². The first-order chi connectivity index (χ1) is 11.3. The fourth-order valence-corrected chi connectivity index (χ4v) is 3.26. The van der Waals surface area contributed by atoms with Gasteiger partial charge in [-0.3, -0.25) is 0 Å². The van der Waals surface area contributed by atoms with E-state index < -0.39 is 21.9 Å². The summed E-state index contributed by atoms with van der Waals surface area (Å²) in [5, 5.41) is 3.25. The molecule has 0 bridgehead atoms. The Morgan fingerprint density at radius 2 is 1.46 bits per heavy atom. The minimum Gasteiger partial charge on any atom is -0.329 e. The van der Waals surface area contributed by atoms with Crippen LogP contribution in [-0.2, 0) is 16.0 Å². The van der Waals surface area contributed by atoms with Crippen LogP contribution < -0.4 is 0 Å². The van der Waals surface area contributed by atoms with Crippen LogP contribution in [0.3, 0.4) is 0 Å². The summed E-state index contributed by atoms with van der Waals surface area (Å²) in [5.41, 5.74) is 0.210. The van der Waals surface area contributed by atoms with Gasteiger partial charge >= 0.3 is 12.1 Å². The summed E-state index contributed by atoms with van der Waals surface area (Å²) in [4.78, 5) is 3.38. The molecule has 9 heteroatoms. The van der Waals surface area contributed by atoms with Gasteiger partial charge in [-0.25, -0.2) is 8.42 Å². The molecule has 0 aliphatic heterocycles. The van der Waals surface area contributed by atoms with Gasteiger partial charge in [0.1, 0.15) is 0 Å². The number of sulfone groups is 1. The Kier molecular flexibility index (Phi) is 3.88. The molecule has 124 valence electrons. The number of alkyl halides is 3. The van der Waals surface area contributed by atoms with E-state index in [-0.39, 0.29) is 21.2 Å². The first-order valence-corrected chi connectivity index (χ1v) is 8.08. The van der Waals surface area contributed by atoms with Crippen molar-refractivity contribution in [2.24, 2.45) is 0 Å². The van der Waals surface area contributed by atoms with Gasteiger partial charge in [0, 0.05) is 5.56 Å². The summed E-state index contributed by atoms with van der Waals surface area (Å²) < 4.78 is 66.3. The zero-order valence-corrected chi connectivity index (χ0v) is 12.7. The molecule has 3 rings (SSSR count). The highest BCUT2D eigenvalue weighted by Crippen LogP contribution is 2.30. The molecule has 0 aliphatic carbocycles. The van der Waals surface area contributed by atoms with Crippen molar-refractivity contribution in [2.75, 3.05) is 0 Å². The Labute approximate surface area is 134 Å². The molecule has 24 heavy (non-hydrogen) atoms. The molecule has 0 atom stereocenters. The molecule has 0 aliphatic rings. The molecule has 3 aromatic rings. The van der Waals surface area contributed by atoms with E-state index in [2.05, 4.69) is 14.7 Å². The van der Waals surface area contributed by atoms with Crippen molar-refractivity contribution in [1.82, 2.24) is 10.1 Å². The number of halogens is 3. The second kappa shape index (κ2) is 5.75. The molecular weight excluding hydrogens is 345 g/mol. The Morgan fingerprint density at radius 1 is 0.875 bits per heavy atom. The van der Waals surface area contributed by atoms with Gasteiger partial charge in [-0.15, -0.1) is 0 Å². The number of hydrogen-bond acceptors (Lipinski definition) is 5. The van der Waals surface area contributed by atoms with Gasteiger partial charge in [0.05, 0.1) is 9.79 Å². The van der Waals surface area contributed by atoms with Gasteiger partial charge in [0.15, 0.2) is 0 Å². The maximum atomic E-state index is 12.4. The van der Waals surface area contributed by atoms with E-state index in [0.717, 1.165) is 0 Å². The van der Waals surface area contributed by atoms with Crippen LogP contribution in [0.4, 0.5) is 13.2 Å². The van der Waals surface area contributed by atoms with E-state index >= 15 is 0 Å². The smallest absolute Gasteiger partial charge is 0.329 e. The first-order valence-electron chi connectivity index (χ1n) is 6.60. The number of benzene rings is 2. The molecular formula is C15H9F3N2O3S. The topological polar surface area (TPSA) is 73.1 Å². The van der Waals surface area contributed by atoms with E-state index in [1.807, 2.05) is 0 Å². The molecule has 0 spiro atoms. The molecule has 0 fully saturated rings. The van der Waals surface area contributed by atoms with Crippen molar-refractivity contribution in [3.05, 3.63) is 60.5 Å². The minimum absolute atomic E-state index is 0.0111. The van der Waals surface area contributed by atoms with Crippen molar-refractivity contribution >= 4 is 9.84 Å². The van der Waals surface area contributed by atoms with E-state index in [1.54, 1.807) is 18.2 Å². The lowest BCUT2D eigenvalue weighted by Gasteiger charge is -2.04. The van der Waals surface area contributed by atoms with Gasteiger partial charge in [0.2, 0.25) is 15.7 Å². The summed E-state index contributed by atoms with van der Waals surface area (Å²) in [7, 11) is -3.70. The molecule has 2 aromatic carbocycles. The minimum atomic E-state index is -4.73. The highest BCUT2D eigenvalue weighted by molar-refractivity contribution is 7.91. The molecule has 0 N–H and O–H groups in total. The summed E-state index contributed by atoms with van der Waals surface area (Å²) >= 11 is 0. The average Bonchev–Trinajstić information content (AvgIpc) is 3.06. The monoisotopic (exact) mass is 354 g/mol. The number of hydrogen-bond donors (Lipinski definition) is 0. The van der Waals surface area contributed by atoms with Crippen molar-refractivity contribution in [3.63, 3.8) is 0 Å². The molecule has 5 nitrogen and oxygen atoms in total. The zero-order chi connectivity index (χ0) is 17.4. The highest BCUT2D eigenvalue weighted by atomic mass is 32.2. The lowest BCUT2D eigenvalue weighted by molar-refractivity contribution is -0.159. The third-order valence-electron chi connectivity index (χ3n) is 3.14. The molecule has 0 saturated carbocycles. The van der Waals surface area contributed by atoms with Crippen LogP contribution in [0.15, 0.2) is 68.9 Å². The van der Waals surface area contributed by atoms with Crippen molar-refractivity contribution in [1.29, 1.82) is 0 Å². The SMILES string of the molecule is O=S(=O)(c1ccccc1)c1ccc(-c2noc(C(F)(F)F)n2)cc1. The van der Waals surface area contributed by atoms with Gasteiger partial charge < -0.3 is 4.52 Å². The third kappa shape index (κ3) is 3.02. The largest absolute Gasteiger partial charge is 0.471 e. The molecule has 1 heterocycles. The standard InChI is InChI=1S/C15H9F3N2O3S/c16-15(17,18)14-19-13(20-23-14)10-6-8-12(9-7-10)24(21,22)11-4-2-1-3-5-11/h1-9H. The predicted molar refractivity (Wildman–Crippen MR) is 76.6 cm³/mol. The van der Waals surface area contributed by atoms with Crippen LogP contribution in [0.5, 0.6) is 0 Å². The Hall–Kier alpha value is -2.68. The molecule has 0 radical (unpaired) electrons. The highest BCUT2D eigenvalue weighted by Gasteiger charge is 2.38.